The van der Waals surface area contributed by atoms with Crippen LogP contribution in [0.15, 0.2) is 35.5 Å². The van der Waals surface area contributed by atoms with Gasteiger partial charge >= 0.3 is 6.09 Å². The van der Waals surface area contributed by atoms with E-state index in [0.29, 0.717) is 18.8 Å². The van der Waals surface area contributed by atoms with Crippen molar-refractivity contribution in [3.8, 4) is 0 Å². The maximum Gasteiger partial charge on any atom is 0.435 e. The fourth-order valence-corrected chi connectivity index (χ4v) is 1.38. The van der Waals surface area contributed by atoms with Crippen LogP contribution >= 0.6 is 0 Å². The molecule has 0 N–H and O–H groups in total. The molecule has 0 saturated carbocycles. The first kappa shape index (κ1) is 13.2. The molecule has 1 aromatic rings. The van der Waals surface area contributed by atoms with Gasteiger partial charge in [0.15, 0.2) is 0 Å². The average molecular weight is 234 g/mol. The summed E-state index contributed by atoms with van der Waals surface area (Å²) in [6.45, 7) is 6.85. The van der Waals surface area contributed by atoms with Crippen molar-refractivity contribution in [3.63, 3.8) is 0 Å². The number of hydrogen-bond acceptors (Lipinski definition) is 3. The van der Waals surface area contributed by atoms with E-state index in [1.807, 2.05) is 51.1 Å². The second-order valence-corrected chi connectivity index (χ2v) is 3.57. The normalized spacial score (nSPS) is 11.1. The third kappa shape index (κ3) is 3.90. The highest BCUT2D eigenvalue weighted by Gasteiger charge is 2.10. The molecule has 0 aliphatic heterocycles. The number of carbonyl (C=O) groups excluding carboxylic acids is 1. The zero-order valence-corrected chi connectivity index (χ0v) is 10.5. The molecule has 0 atom stereocenters. The third-order valence-electron chi connectivity index (χ3n) is 2.47. The molecule has 0 spiro atoms. The van der Waals surface area contributed by atoms with Crippen LogP contribution in [0.4, 0.5) is 4.79 Å². The zero-order chi connectivity index (χ0) is 12.7. The number of amides is 1. The van der Waals surface area contributed by atoms with Gasteiger partial charge in [-0.1, -0.05) is 35.5 Å². The molecule has 1 amide bonds. The Kier molecular flexibility index (Phi) is 5.20. The Bertz CT molecular complexity index is 384. The summed E-state index contributed by atoms with van der Waals surface area (Å²) in [7, 11) is 0. The fraction of sp³-hybridized carbons (Fsp3) is 0.385. The molecule has 0 fully saturated rings. The van der Waals surface area contributed by atoms with Crippen molar-refractivity contribution in [3.05, 3.63) is 35.9 Å². The quantitative estimate of drug-likeness (QED) is 0.456. The summed E-state index contributed by atoms with van der Waals surface area (Å²) in [5, 5.41) is 3.84. The highest BCUT2D eigenvalue weighted by Crippen LogP contribution is 2.02. The lowest BCUT2D eigenvalue weighted by atomic mass is 10.1. The molecule has 0 heterocycles. The number of benzene rings is 1. The maximum atomic E-state index is 11.5. The number of hydrogen-bond donors (Lipinski definition) is 0. The van der Waals surface area contributed by atoms with Crippen molar-refractivity contribution in [1.82, 2.24) is 4.90 Å². The van der Waals surface area contributed by atoms with E-state index >= 15 is 0 Å². The summed E-state index contributed by atoms with van der Waals surface area (Å²) in [5.74, 6) is 0. The van der Waals surface area contributed by atoms with Crippen molar-refractivity contribution in [1.29, 1.82) is 0 Å². The number of carbonyl (C=O) groups is 1. The first-order valence-corrected chi connectivity index (χ1v) is 5.75. The van der Waals surface area contributed by atoms with Crippen LogP contribution in [0.25, 0.3) is 0 Å². The summed E-state index contributed by atoms with van der Waals surface area (Å²) >= 11 is 0. The molecule has 1 aromatic carbocycles. The predicted octanol–water partition coefficient (Wildman–Crippen LogP) is 2.89. The van der Waals surface area contributed by atoms with E-state index < -0.39 is 6.09 Å². The summed E-state index contributed by atoms with van der Waals surface area (Å²) in [4.78, 5) is 18.0. The number of oxime groups is 1. The molecule has 0 aromatic heterocycles. The van der Waals surface area contributed by atoms with Crippen molar-refractivity contribution in [2.24, 2.45) is 5.16 Å². The van der Waals surface area contributed by atoms with Crippen LogP contribution < -0.4 is 0 Å². The molecule has 92 valence electrons. The molecule has 0 aliphatic carbocycles. The monoisotopic (exact) mass is 234 g/mol. The van der Waals surface area contributed by atoms with Gasteiger partial charge in [-0.15, -0.1) is 0 Å². The van der Waals surface area contributed by atoms with Crippen LogP contribution in [-0.4, -0.2) is 29.8 Å². The lowest BCUT2D eigenvalue weighted by Gasteiger charge is -2.15. The Morgan fingerprint density at radius 2 is 1.82 bits per heavy atom. The second-order valence-electron chi connectivity index (χ2n) is 3.57. The van der Waals surface area contributed by atoms with Gasteiger partial charge in [0.05, 0.1) is 5.71 Å². The molecule has 1 rings (SSSR count). The topological polar surface area (TPSA) is 41.9 Å². The van der Waals surface area contributed by atoms with Crippen molar-refractivity contribution in [2.75, 3.05) is 13.1 Å². The molecule has 0 bridgehead atoms. The Balaban J connectivity index is 2.62. The van der Waals surface area contributed by atoms with E-state index in [4.69, 9.17) is 4.84 Å². The van der Waals surface area contributed by atoms with Gasteiger partial charge in [0.25, 0.3) is 0 Å². The predicted molar refractivity (Wildman–Crippen MR) is 68.1 cm³/mol. The summed E-state index contributed by atoms with van der Waals surface area (Å²) in [6.07, 6.45) is -0.412. The van der Waals surface area contributed by atoms with Gasteiger partial charge in [0.1, 0.15) is 0 Å². The maximum absolute atomic E-state index is 11.5. The fourth-order valence-electron chi connectivity index (χ4n) is 1.38. The minimum atomic E-state index is -0.412. The molecule has 0 saturated heterocycles. The molecular weight excluding hydrogens is 216 g/mol. The van der Waals surface area contributed by atoms with Gasteiger partial charge in [-0.25, -0.2) is 4.79 Å². The Hall–Kier alpha value is -1.84. The third-order valence-corrected chi connectivity index (χ3v) is 2.47. The summed E-state index contributed by atoms with van der Waals surface area (Å²) in [5.41, 5.74) is 1.63. The Morgan fingerprint density at radius 1 is 1.24 bits per heavy atom. The first-order chi connectivity index (χ1) is 8.19. The summed E-state index contributed by atoms with van der Waals surface area (Å²) in [6, 6.07) is 9.61. The molecule has 4 nitrogen and oxygen atoms in total. The standard InChI is InChI=1S/C13H18N2O2/c1-4-15(5-2)13(16)17-14-11(3)12-9-7-6-8-10-12/h6-10H,4-5H2,1-3H3. The molecule has 4 heteroatoms. The van der Waals surface area contributed by atoms with Crippen molar-refractivity contribution in [2.45, 2.75) is 20.8 Å². The van der Waals surface area contributed by atoms with E-state index in [2.05, 4.69) is 5.16 Å². The van der Waals surface area contributed by atoms with Crippen LogP contribution in [0.2, 0.25) is 0 Å². The molecule has 17 heavy (non-hydrogen) atoms. The lowest BCUT2D eigenvalue weighted by molar-refractivity contribution is 0.109. The van der Waals surface area contributed by atoms with Gasteiger partial charge in [-0.3, -0.25) is 4.84 Å². The lowest BCUT2D eigenvalue weighted by Crippen LogP contribution is -2.30. The van der Waals surface area contributed by atoms with Gasteiger partial charge in [-0.05, 0) is 26.3 Å². The zero-order valence-electron chi connectivity index (χ0n) is 10.5. The van der Waals surface area contributed by atoms with Crippen LogP contribution in [0.1, 0.15) is 26.3 Å². The largest absolute Gasteiger partial charge is 0.435 e. The average Bonchev–Trinajstić information content (AvgIpc) is 2.38. The molecular formula is C13H18N2O2. The van der Waals surface area contributed by atoms with E-state index in [1.54, 1.807) is 4.90 Å². The minimum Gasteiger partial charge on any atom is -0.307 e. The smallest absolute Gasteiger partial charge is 0.307 e. The molecule has 0 aliphatic rings. The van der Waals surface area contributed by atoms with E-state index in [1.165, 1.54) is 0 Å². The minimum absolute atomic E-state index is 0.412. The van der Waals surface area contributed by atoms with Crippen molar-refractivity contribution < 1.29 is 9.63 Å². The SMILES string of the molecule is CCN(CC)C(=O)ON=C(C)c1ccccc1. The molecule has 0 unspecified atom stereocenters. The van der Waals surface area contributed by atoms with Crippen LogP contribution in [-0.2, 0) is 4.84 Å². The first-order valence-electron chi connectivity index (χ1n) is 5.75. The highest BCUT2D eigenvalue weighted by atomic mass is 16.7. The van der Waals surface area contributed by atoms with E-state index in [-0.39, 0.29) is 0 Å². The highest BCUT2D eigenvalue weighted by molar-refractivity contribution is 5.98. The van der Waals surface area contributed by atoms with E-state index in [0.717, 1.165) is 5.56 Å². The van der Waals surface area contributed by atoms with Crippen LogP contribution in [0.5, 0.6) is 0 Å². The van der Waals surface area contributed by atoms with Gasteiger partial charge in [0.2, 0.25) is 0 Å². The molecule has 0 radical (unpaired) electrons. The van der Waals surface area contributed by atoms with Crippen LogP contribution in [0, 0.1) is 0 Å². The van der Waals surface area contributed by atoms with Crippen LogP contribution in [0.3, 0.4) is 0 Å². The summed E-state index contributed by atoms with van der Waals surface area (Å²) < 4.78 is 0. The van der Waals surface area contributed by atoms with Gasteiger partial charge in [0, 0.05) is 13.1 Å². The Labute approximate surface area is 102 Å². The number of rotatable bonds is 4. The second kappa shape index (κ2) is 6.68. The van der Waals surface area contributed by atoms with Gasteiger partial charge < -0.3 is 4.90 Å². The number of nitrogens with zero attached hydrogens (tertiary/aromatic N) is 2. The van der Waals surface area contributed by atoms with Crippen molar-refractivity contribution >= 4 is 11.8 Å². The van der Waals surface area contributed by atoms with Gasteiger partial charge in [-0.2, -0.15) is 0 Å². The van der Waals surface area contributed by atoms with E-state index in [9.17, 15) is 4.79 Å². The Morgan fingerprint density at radius 3 is 2.35 bits per heavy atom.